The van der Waals surface area contributed by atoms with Crippen LogP contribution in [0.3, 0.4) is 0 Å². The molecule has 0 radical (unpaired) electrons. The van der Waals surface area contributed by atoms with Gasteiger partial charge >= 0.3 is 6.11 Å². The summed E-state index contributed by atoms with van der Waals surface area (Å²) in [6.07, 6.45) is -3.37. The van der Waals surface area contributed by atoms with E-state index in [1.807, 2.05) is 31.2 Å². The molecule has 0 heterocycles. The van der Waals surface area contributed by atoms with Crippen molar-refractivity contribution < 1.29 is 13.5 Å². The van der Waals surface area contributed by atoms with Gasteiger partial charge in [-0.3, -0.25) is 0 Å². The van der Waals surface area contributed by atoms with E-state index >= 15 is 0 Å². The Bertz CT molecular complexity index is 763. The van der Waals surface area contributed by atoms with Crippen molar-refractivity contribution in [1.29, 1.82) is 0 Å². The molecule has 0 amide bonds. The third-order valence-corrected chi connectivity index (χ3v) is 3.60. The fourth-order valence-corrected chi connectivity index (χ4v) is 2.30. The molecule has 0 saturated heterocycles. The lowest BCUT2D eigenvalue weighted by molar-refractivity contribution is -0.185. The maximum absolute atomic E-state index is 14.2. The third-order valence-electron chi connectivity index (χ3n) is 3.60. The molecular weight excluding hydrogens is 294 g/mol. The lowest BCUT2D eigenvalue weighted by Crippen LogP contribution is -2.21. The first-order valence-electron chi connectivity index (χ1n) is 7.34. The second-order valence-corrected chi connectivity index (χ2v) is 5.38. The van der Waals surface area contributed by atoms with Gasteiger partial charge in [-0.15, -0.1) is 0 Å². The molecule has 3 aromatic rings. The van der Waals surface area contributed by atoms with E-state index < -0.39 is 6.11 Å². The zero-order valence-corrected chi connectivity index (χ0v) is 12.7. The van der Waals surface area contributed by atoms with Crippen molar-refractivity contribution in [3.63, 3.8) is 0 Å². The van der Waals surface area contributed by atoms with Crippen LogP contribution in [0.15, 0.2) is 78.9 Å². The number of hydrogen-bond acceptors (Lipinski definition) is 1. The molecule has 0 N–H and O–H groups in total. The molecule has 1 nitrogen and oxygen atoms in total. The zero-order valence-electron chi connectivity index (χ0n) is 12.7. The van der Waals surface area contributed by atoms with Crippen LogP contribution in [-0.4, -0.2) is 0 Å². The van der Waals surface area contributed by atoms with Crippen molar-refractivity contribution in [3.8, 4) is 16.9 Å². The smallest absolute Gasteiger partial charge is 0.426 e. The van der Waals surface area contributed by atoms with Crippen molar-refractivity contribution in [2.24, 2.45) is 0 Å². The monoisotopic (exact) mass is 310 g/mol. The molecule has 0 spiro atoms. The normalized spacial score (nSPS) is 11.3. The van der Waals surface area contributed by atoms with Crippen molar-refractivity contribution in [2.75, 3.05) is 0 Å². The van der Waals surface area contributed by atoms with Gasteiger partial charge in [-0.2, -0.15) is 8.78 Å². The number of hydrogen-bond donors (Lipinski definition) is 0. The van der Waals surface area contributed by atoms with E-state index in [1.165, 1.54) is 24.3 Å². The second-order valence-electron chi connectivity index (χ2n) is 5.38. The van der Waals surface area contributed by atoms with Gasteiger partial charge in [0, 0.05) is 0 Å². The molecule has 0 aromatic heterocycles. The number of benzene rings is 3. The lowest BCUT2D eigenvalue weighted by atomic mass is 10.0. The summed E-state index contributed by atoms with van der Waals surface area (Å²) in [5.74, 6) is 0.139. The van der Waals surface area contributed by atoms with Crippen molar-refractivity contribution in [1.82, 2.24) is 0 Å². The van der Waals surface area contributed by atoms with Gasteiger partial charge in [-0.1, -0.05) is 60.2 Å². The van der Waals surface area contributed by atoms with E-state index in [9.17, 15) is 8.78 Å². The van der Waals surface area contributed by atoms with Crippen molar-refractivity contribution in [3.05, 3.63) is 90.0 Å². The van der Waals surface area contributed by atoms with Gasteiger partial charge in [0.25, 0.3) is 0 Å². The van der Waals surface area contributed by atoms with E-state index in [2.05, 4.69) is 0 Å². The minimum Gasteiger partial charge on any atom is -0.429 e. The quantitative estimate of drug-likeness (QED) is 0.592. The molecule has 0 aliphatic carbocycles. The van der Waals surface area contributed by atoms with Gasteiger partial charge in [0.2, 0.25) is 0 Å². The van der Waals surface area contributed by atoms with Gasteiger partial charge in [0.05, 0.1) is 5.56 Å². The minimum absolute atomic E-state index is 0.139. The van der Waals surface area contributed by atoms with E-state index in [0.29, 0.717) is 0 Å². The number of rotatable bonds is 4. The lowest BCUT2D eigenvalue weighted by Gasteiger charge is -2.18. The van der Waals surface area contributed by atoms with Gasteiger partial charge < -0.3 is 4.74 Å². The largest absolute Gasteiger partial charge is 0.429 e. The summed E-state index contributed by atoms with van der Waals surface area (Å²) in [6.45, 7) is 2.01. The Morgan fingerprint density at radius 3 is 1.78 bits per heavy atom. The Balaban J connectivity index is 1.82. The van der Waals surface area contributed by atoms with Gasteiger partial charge in [0.1, 0.15) is 5.75 Å². The molecule has 116 valence electrons. The molecule has 0 unspecified atom stereocenters. The molecular formula is C20H16F2O. The summed E-state index contributed by atoms with van der Waals surface area (Å²) in [5, 5.41) is 0. The topological polar surface area (TPSA) is 9.23 Å². The molecule has 0 atom stereocenters. The first kappa shape index (κ1) is 15.2. The van der Waals surface area contributed by atoms with Crippen LogP contribution in [0.5, 0.6) is 5.75 Å². The van der Waals surface area contributed by atoms with Gasteiger partial charge in [-0.05, 0) is 42.3 Å². The first-order chi connectivity index (χ1) is 11.0. The molecule has 3 rings (SSSR count). The van der Waals surface area contributed by atoms with Crippen LogP contribution in [0.25, 0.3) is 11.1 Å². The van der Waals surface area contributed by atoms with Crippen LogP contribution in [0.1, 0.15) is 11.1 Å². The zero-order chi connectivity index (χ0) is 16.3. The maximum atomic E-state index is 14.2. The fourth-order valence-electron chi connectivity index (χ4n) is 2.30. The molecule has 0 bridgehead atoms. The van der Waals surface area contributed by atoms with Crippen LogP contribution in [0, 0.1) is 6.92 Å². The first-order valence-corrected chi connectivity index (χ1v) is 7.34. The van der Waals surface area contributed by atoms with Crippen LogP contribution in [0.4, 0.5) is 8.78 Å². The Labute approximate surface area is 134 Å². The van der Waals surface area contributed by atoms with E-state index in [1.54, 1.807) is 30.3 Å². The highest BCUT2D eigenvalue weighted by molar-refractivity contribution is 5.64. The Kier molecular flexibility index (Phi) is 4.11. The standard InChI is InChI=1S/C20H16F2O/c1-15-7-9-16(10-8-15)17-11-13-18(14-12-17)20(21,22)23-19-5-3-2-4-6-19/h2-14H,1H3. The van der Waals surface area contributed by atoms with Gasteiger partial charge in [0.15, 0.2) is 0 Å². The van der Waals surface area contributed by atoms with E-state index in [0.717, 1.165) is 16.7 Å². The summed E-state index contributed by atoms with van der Waals surface area (Å²) in [4.78, 5) is 0. The SMILES string of the molecule is Cc1ccc(-c2ccc(C(F)(F)Oc3ccccc3)cc2)cc1. The average molecular weight is 310 g/mol. The number of para-hydroxylation sites is 1. The predicted octanol–water partition coefficient (Wildman–Crippen LogP) is 5.79. The Morgan fingerprint density at radius 2 is 1.22 bits per heavy atom. The van der Waals surface area contributed by atoms with Crippen molar-refractivity contribution in [2.45, 2.75) is 13.0 Å². The van der Waals surface area contributed by atoms with E-state index in [4.69, 9.17) is 4.74 Å². The maximum Gasteiger partial charge on any atom is 0.426 e. The molecule has 0 saturated carbocycles. The second kappa shape index (κ2) is 6.21. The molecule has 0 aliphatic rings. The van der Waals surface area contributed by atoms with Crippen LogP contribution < -0.4 is 4.74 Å². The summed E-state index contributed by atoms with van der Waals surface area (Å²) >= 11 is 0. The fraction of sp³-hybridized carbons (Fsp3) is 0.100. The summed E-state index contributed by atoms with van der Waals surface area (Å²) < 4.78 is 33.2. The molecule has 3 aromatic carbocycles. The number of aryl methyl sites for hydroxylation is 1. The minimum atomic E-state index is -3.37. The summed E-state index contributed by atoms with van der Waals surface area (Å²) in [5.41, 5.74) is 2.88. The van der Waals surface area contributed by atoms with Crippen LogP contribution in [0.2, 0.25) is 0 Å². The van der Waals surface area contributed by atoms with Crippen LogP contribution >= 0.6 is 0 Å². The number of alkyl halides is 2. The molecule has 3 heteroatoms. The van der Waals surface area contributed by atoms with Crippen molar-refractivity contribution >= 4 is 0 Å². The highest BCUT2D eigenvalue weighted by Crippen LogP contribution is 2.32. The Morgan fingerprint density at radius 1 is 0.696 bits per heavy atom. The van der Waals surface area contributed by atoms with E-state index in [-0.39, 0.29) is 11.3 Å². The predicted molar refractivity (Wildman–Crippen MR) is 87.6 cm³/mol. The third kappa shape index (κ3) is 3.57. The number of halogens is 2. The highest BCUT2D eigenvalue weighted by Gasteiger charge is 2.34. The van der Waals surface area contributed by atoms with Crippen LogP contribution in [-0.2, 0) is 6.11 Å². The molecule has 23 heavy (non-hydrogen) atoms. The molecule has 0 fully saturated rings. The molecule has 0 aliphatic heterocycles. The Hall–Kier alpha value is -2.68. The number of ether oxygens (including phenoxy) is 1. The average Bonchev–Trinajstić information content (AvgIpc) is 2.56. The summed E-state index contributed by atoms with van der Waals surface area (Å²) in [7, 11) is 0. The summed E-state index contributed by atoms with van der Waals surface area (Å²) in [6, 6.07) is 22.2. The van der Waals surface area contributed by atoms with Gasteiger partial charge in [-0.25, -0.2) is 0 Å². The highest BCUT2D eigenvalue weighted by atomic mass is 19.3.